The molecule has 0 unspecified atom stereocenters. The lowest BCUT2D eigenvalue weighted by Crippen LogP contribution is -2.21. The first-order chi connectivity index (χ1) is 10.7. The fourth-order valence-electron chi connectivity index (χ4n) is 1.76. The Bertz CT molecular complexity index is 656. The highest BCUT2D eigenvalue weighted by Gasteiger charge is 2.02. The zero-order valence-electron chi connectivity index (χ0n) is 12.1. The van der Waals surface area contributed by atoms with Crippen molar-refractivity contribution in [3.63, 3.8) is 0 Å². The molecule has 0 spiro atoms. The summed E-state index contributed by atoms with van der Waals surface area (Å²) in [6.07, 6.45) is 2.76. The van der Waals surface area contributed by atoms with Crippen molar-refractivity contribution < 1.29 is 18.8 Å². The number of methoxy groups -OCH3 is 1. The Morgan fingerprint density at radius 1 is 1.23 bits per heavy atom. The van der Waals surface area contributed by atoms with E-state index in [1.807, 2.05) is 30.3 Å². The Morgan fingerprint density at radius 2 is 2.00 bits per heavy atom. The van der Waals surface area contributed by atoms with Gasteiger partial charge in [0.25, 0.3) is 5.91 Å². The van der Waals surface area contributed by atoms with Crippen molar-refractivity contribution in [1.29, 1.82) is 0 Å². The van der Waals surface area contributed by atoms with Gasteiger partial charge in [0.15, 0.2) is 11.6 Å². The summed E-state index contributed by atoms with van der Waals surface area (Å²) in [4.78, 5) is 16.7. The molecule has 0 aromatic heterocycles. The highest BCUT2D eigenvalue weighted by Crippen LogP contribution is 2.18. The SMILES string of the molecule is COc1ccc(/C=C/C(=O)NOCc2ccccc2)cc1F. The van der Waals surface area contributed by atoms with E-state index in [-0.39, 0.29) is 12.4 Å². The van der Waals surface area contributed by atoms with Crippen LogP contribution in [0.15, 0.2) is 54.6 Å². The van der Waals surface area contributed by atoms with E-state index >= 15 is 0 Å². The van der Waals surface area contributed by atoms with E-state index in [0.717, 1.165) is 5.56 Å². The standard InChI is InChI=1S/C17H16FNO3/c1-21-16-9-7-13(11-15(16)18)8-10-17(20)19-22-12-14-5-3-2-4-6-14/h2-11H,12H2,1H3,(H,19,20)/b10-8+. The average Bonchev–Trinajstić information content (AvgIpc) is 2.54. The summed E-state index contributed by atoms with van der Waals surface area (Å²) in [5, 5.41) is 0. The van der Waals surface area contributed by atoms with Crippen LogP contribution < -0.4 is 10.2 Å². The molecule has 0 atom stereocenters. The van der Waals surface area contributed by atoms with E-state index in [1.54, 1.807) is 6.07 Å². The van der Waals surface area contributed by atoms with Crippen LogP contribution in [0.5, 0.6) is 5.75 Å². The van der Waals surface area contributed by atoms with Crippen LogP contribution >= 0.6 is 0 Å². The third-order valence-corrected chi connectivity index (χ3v) is 2.86. The third-order valence-electron chi connectivity index (χ3n) is 2.86. The van der Waals surface area contributed by atoms with Crippen molar-refractivity contribution >= 4 is 12.0 Å². The van der Waals surface area contributed by atoms with Crippen LogP contribution in [0.1, 0.15) is 11.1 Å². The number of ether oxygens (including phenoxy) is 1. The van der Waals surface area contributed by atoms with Gasteiger partial charge < -0.3 is 4.74 Å². The van der Waals surface area contributed by atoms with E-state index < -0.39 is 11.7 Å². The van der Waals surface area contributed by atoms with Crippen molar-refractivity contribution in [1.82, 2.24) is 5.48 Å². The Kier molecular flexibility index (Phi) is 5.68. The molecule has 1 N–H and O–H groups in total. The number of carbonyl (C=O) groups is 1. The summed E-state index contributed by atoms with van der Waals surface area (Å²) in [5.41, 5.74) is 3.79. The van der Waals surface area contributed by atoms with E-state index in [2.05, 4.69) is 5.48 Å². The number of halogens is 1. The van der Waals surface area contributed by atoms with Gasteiger partial charge in [0.1, 0.15) is 0 Å². The summed E-state index contributed by atoms with van der Waals surface area (Å²) in [6, 6.07) is 13.9. The molecule has 0 fully saturated rings. The average molecular weight is 301 g/mol. The second kappa shape index (κ2) is 7.95. The van der Waals surface area contributed by atoms with Crippen LogP contribution in [0, 0.1) is 5.82 Å². The number of hydrogen-bond acceptors (Lipinski definition) is 3. The monoisotopic (exact) mass is 301 g/mol. The molecule has 0 aliphatic rings. The predicted octanol–water partition coefficient (Wildman–Crippen LogP) is 3.10. The van der Waals surface area contributed by atoms with Gasteiger partial charge in [-0.15, -0.1) is 0 Å². The zero-order valence-corrected chi connectivity index (χ0v) is 12.1. The van der Waals surface area contributed by atoms with Gasteiger partial charge in [-0.25, -0.2) is 9.87 Å². The van der Waals surface area contributed by atoms with E-state index in [4.69, 9.17) is 9.57 Å². The van der Waals surface area contributed by atoms with Crippen molar-refractivity contribution in [2.24, 2.45) is 0 Å². The lowest BCUT2D eigenvalue weighted by molar-refractivity contribution is -0.129. The topological polar surface area (TPSA) is 47.6 Å². The first-order valence-corrected chi connectivity index (χ1v) is 6.66. The van der Waals surface area contributed by atoms with Gasteiger partial charge >= 0.3 is 0 Å². The molecule has 0 aliphatic heterocycles. The molecule has 5 heteroatoms. The molecule has 4 nitrogen and oxygen atoms in total. The van der Waals surface area contributed by atoms with Crippen LogP contribution in [-0.4, -0.2) is 13.0 Å². The molecule has 2 aromatic carbocycles. The first kappa shape index (κ1) is 15.7. The molecular formula is C17H16FNO3. The highest BCUT2D eigenvalue weighted by atomic mass is 19.1. The van der Waals surface area contributed by atoms with Crippen LogP contribution in [-0.2, 0) is 16.2 Å². The zero-order chi connectivity index (χ0) is 15.8. The van der Waals surface area contributed by atoms with Crippen molar-refractivity contribution in [3.8, 4) is 5.75 Å². The number of hydroxylamine groups is 1. The Hall–Kier alpha value is -2.66. The maximum absolute atomic E-state index is 13.5. The van der Waals surface area contributed by atoms with Gasteiger partial charge in [0.05, 0.1) is 13.7 Å². The van der Waals surface area contributed by atoms with E-state index in [9.17, 15) is 9.18 Å². The van der Waals surface area contributed by atoms with Crippen LogP contribution in [0.3, 0.4) is 0 Å². The lowest BCUT2D eigenvalue weighted by Gasteiger charge is -2.04. The number of benzene rings is 2. The van der Waals surface area contributed by atoms with Crippen LogP contribution in [0.25, 0.3) is 6.08 Å². The molecule has 0 saturated heterocycles. The summed E-state index contributed by atoms with van der Waals surface area (Å²) in [7, 11) is 1.39. The number of rotatable bonds is 6. The van der Waals surface area contributed by atoms with Crippen LogP contribution in [0.4, 0.5) is 4.39 Å². The van der Waals surface area contributed by atoms with Crippen molar-refractivity contribution in [3.05, 3.63) is 71.6 Å². The Morgan fingerprint density at radius 3 is 2.68 bits per heavy atom. The number of amides is 1. The minimum atomic E-state index is -0.481. The second-order valence-electron chi connectivity index (χ2n) is 4.47. The Balaban J connectivity index is 1.82. The Labute approximate surface area is 128 Å². The molecule has 2 aromatic rings. The van der Waals surface area contributed by atoms with Gasteiger partial charge in [-0.1, -0.05) is 36.4 Å². The molecular weight excluding hydrogens is 285 g/mol. The van der Waals surface area contributed by atoms with Gasteiger partial charge in [-0.05, 0) is 29.3 Å². The summed E-state index contributed by atoms with van der Waals surface area (Å²) >= 11 is 0. The maximum atomic E-state index is 13.5. The molecule has 0 heterocycles. The largest absolute Gasteiger partial charge is 0.494 e. The van der Waals surface area contributed by atoms with Crippen molar-refractivity contribution in [2.45, 2.75) is 6.61 Å². The quantitative estimate of drug-likeness (QED) is 0.659. The minimum Gasteiger partial charge on any atom is -0.494 e. The molecule has 1 amide bonds. The summed E-state index contributed by atoms with van der Waals surface area (Å²) in [5.74, 6) is -0.745. The number of nitrogens with one attached hydrogen (secondary N) is 1. The molecule has 2 rings (SSSR count). The van der Waals surface area contributed by atoms with E-state index in [1.165, 1.54) is 31.4 Å². The summed E-state index contributed by atoms with van der Waals surface area (Å²) < 4.78 is 18.3. The summed E-state index contributed by atoms with van der Waals surface area (Å²) in [6.45, 7) is 0.275. The number of hydrogen-bond donors (Lipinski definition) is 1. The number of carbonyl (C=O) groups excluding carboxylic acids is 1. The highest BCUT2D eigenvalue weighted by molar-refractivity contribution is 5.90. The maximum Gasteiger partial charge on any atom is 0.267 e. The third kappa shape index (κ3) is 4.71. The molecule has 22 heavy (non-hydrogen) atoms. The molecule has 0 saturated carbocycles. The van der Waals surface area contributed by atoms with Gasteiger partial charge in [0, 0.05) is 6.08 Å². The lowest BCUT2D eigenvalue weighted by atomic mass is 10.2. The van der Waals surface area contributed by atoms with Gasteiger partial charge in [-0.3, -0.25) is 9.63 Å². The minimum absolute atomic E-state index is 0.160. The smallest absolute Gasteiger partial charge is 0.267 e. The second-order valence-corrected chi connectivity index (χ2v) is 4.47. The van der Waals surface area contributed by atoms with Gasteiger partial charge in [0.2, 0.25) is 0 Å². The first-order valence-electron chi connectivity index (χ1n) is 6.66. The fourth-order valence-corrected chi connectivity index (χ4v) is 1.76. The van der Waals surface area contributed by atoms with Crippen molar-refractivity contribution in [2.75, 3.05) is 7.11 Å². The van der Waals surface area contributed by atoms with Crippen LogP contribution in [0.2, 0.25) is 0 Å². The normalized spacial score (nSPS) is 10.6. The molecule has 114 valence electrons. The molecule has 0 aliphatic carbocycles. The molecule has 0 radical (unpaired) electrons. The molecule has 0 bridgehead atoms. The fraction of sp³-hybridized carbons (Fsp3) is 0.118. The van der Waals surface area contributed by atoms with Gasteiger partial charge in [-0.2, -0.15) is 0 Å². The predicted molar refractivity (Wildman–Crippen MR) is 81.4 cm³/mol. The van der Waals surface area contributed by atoms with E-state index in [0.29, 0.717) is 5.56 Å².